The Hall–Kier alpha value is -2.32. The molecule has 0 atom stereocenters. The van der Waals surface area contributed by atoms with Gasteiger partial charge in [-0.25, -0.2) is 0 Å². The Morgan fingerprint density at radius 3 is 1.09 bits per heavy atom. The first-order chi connectivity index (χ1) is 11.4. The summed E-state index contributed by atoms with van der Waals surface area (Å²) < 4.78 is 0. The second-order valence-electron chi connectivity index (χ2n) is 5.45. The summed E-state index contributed by atoms with van der Waals surface area (Å²) >= 11 is 0. The molecule has 0 saturated heterocycles. The van der Waals surface area contributed by atoms with Gasteiger partial charge in [-0.05, 0) is 13.0 Å². The van der Waals surface area contributed by atoms with Gasteiger partial charge in [-0.15, -0.1) is 0 Å². The van der Waals surface area contributed by atoms with Crippen molar-refractivity contribution < 1.29 is 0 Å². The average molecular weight is 301 g/mol. The van der Waals surface area contributed by atoms with Crippen LogP contribution < -0.4 is 22.1 Å². The molecular weight excluding hydrogens is 277 g/mol. The van der Waals surface area contributed by atoms with Crippen molar-refractivity contribution in [2.45, 2.75) is 13.3 Å². The average Bonchev–Trinajstić information content (AvgIpc) is 2.65. The summed E-state index contributed by atoms with van der Waals surface area (Å²) in [6, 6.07) is 32.0. The summed E-state index contributed by atoms with van der Waals surface area (Å²) in [5.41, 5.74) is 9.03. The third kappa shape index (κ3) is 5.12. The Kier molecular flexibility index (Phi) is 7.15. The van der Waals surface area contributed by atoms with Crippen LogP contribution in [0.15, 0.2) is 91.0 Å². The largest absolute Gasteiger partial charge is 0.330 e. The predicted octanol–water partition coefficient (Wildman–Crippen LogP) is 2.56. The third-order valence-electron chi connectivity index (χ3n) is 3.69. The topological polar surface area (TPSA) is 26.0 Å². The zero-order valence-corrected chi connectivity index (χ0v) is 13.7. The van der Waals surface area contributed by atoms with E-state index in [1.54, 1.807) is 0 Å². The smallest absolute Gasteiger partial charge is 0.241 e. The molecule has 3 aromatic rings. The summed E-state index contributed by atoms with van der Waals surface area (Å²) in [4.78, 5) is 0. The summed E-state index contributed by atoms with van der Waals surface area (Å²) in [6.07, 6.45) is 1.10. The molecule has 23 heavy (non-hydrogen) atoms. The maximum absolute atomic E-state index is 5.03. The van der Waals surface area contributed by atoms with Crippen molar-refractivity contribution in [3.05, 3.63) is 91.0 Å². The number of hydrogen-bond acceptors (Lipinski definition) is 1. The molecule has 0 saturated carbocycles. The van der Waals surface area contributed by atoms with Crippen LogP contribution in [0.1, 0.15) is 13.3 Å². The maximum atomic E-state index is 5.03. The van der Waals surface area contributed by atoms with Gasteiger partial charge in [0.15, 0.2) is 0 Å². The second kappa shape index (κ2) is 9.65. The molecule has 0 spiro atoms. The molecule has 0 fully saturated rings. The Morgan fingerprint density at radius 2 is 0.870 bits per heavy atom. The Morgan fingerprint density at radius 1 is 0.609 bits per heavy atom. The SMILES string of the molecule is CCCN.c1ccc(B(c2ccccc2)c2ccccc2)cc1. The Labute approximate surface area is 140 Å². The van der Waals surface area contributed by atoms with E-state index in [2.05, 4.69) is 97.9 Å². The quantitative estimate of drug-likeness (QED) is 0.736. The van der Waals surface area contributed by atoms with Gasteiger partial charge in [0.25, 0.3) is 0 Å². The van der Waals surface area contributed by atoms with E-state index >= 15 is 0 Å². The highest BCUT2D eigenvalue weighted by molar-refractivity contribution is 6.95. The van der Waals surface area contributed by atoms with E-state index < -0.39 is 0 Å². The van der Waals surface area contributed by atoms with E-state index in [9.17, 15) is 0 Å². The molecule has 0 unspecified atom stereocenters. The van der Waals surface area contributed by atoms with Crippen LogP contribution in [0.25, 0.3) is 0 Å². The second-order valence-corrected chi connectivity index (χ2v) is 5.45. The lowest BCUT2D eigenvalue weighted by molar-refractivity contribution is 0.932. The van der Waals surface area contributed by atoms with E-state index in [1.807, 2.05) is 0 Å². The van der Waals surface area contributed by atoms with Gasteiger partial charge in [0.05, 0.1) is 0 Å². The molecule has 0 aliphatic carbocycles. The van der Waals surface area contributed by atoms with Crippen molar-refractivity contribution in [1.29, 1.82) is 0 Å². The van der Waals surface area contributed by atoms with E-state index in [0.717, 1.165) is 13.0 Å². The predicted molar refractivity (Wildman–Crippen MR) is 103 cm³/mol. The van der Waals surface area contributed by atoms with Crippen LogP contribution in [-0.4, -0.2) is 13.3 Å². The van der Waals surface area contributed by atoms with Crippen molar-refractivity contribution in [2.24, 2.45) is 5.73 Å². The van der Waals surface area contributed by atoms with Crippen molar-refractivity contribution in [3.8, 4) is 0 Å². The number of benzene rings is 3. The Bertz CT molecular complexity index is 557. The van der Waals surface area contributed by atoms with Gasteiger partial charge in [0.2, 0.25) is 6.71 Å². The lowest BCUT2D eigenvalue weighted by Crippen LogP contribution is -2.51. The molecule has 0 bridgehead atoms. The molecule has 116 valence electrons. The zero-order valence-electron chi connectivity index (χ0n) is 13.7. The monoisotopic (exact) mass is 301 g/mol. The summed E-state index contributed by atoms with van der Waals surface area (Å²) in [5, 5.41) is 0. The minimum absolute atomic E-state index is 0.309. The van der Waals surface area contributed by atoms with E-state index in [1.165, 1.54) is 16.4 Å². The first-order valence-electron chi connectivity index (χ1n) is 8.21. The number of rotatable bonds is 4. The van der Waals surface area contributed by atoms with E-state index in [0.29, 0.717) is 6.71 Å². The fraction of sp³-hybridized carbons (Fsp3) is 0.143. The number of nitrogens with two attached hydrogens (primary N) is 1. The van der Waals surface area contributed by atoms with E-state index in [4.69, 9.17) is 5.73 Å². The van der Waals surface area contributed by atoms with Crippen molar-refractivity contribution >= 4 is 23.1 Å². The lowest BCUT2D eigenvalue weighted by atomic mass is 9.37. The van der Waals surface area contributed by atoms with Crippen molar-refractivity contribution in [3.63, 3.8) is 0 Å². The van der Waals surface area contributed by atoms with Crippen LogP contribution in [0.4, 0.5) is 0 Å². The summed E-state index contributed by atoms with van der Waals surface area (Å²) in [5.74, 6) is 0. The highest BCUT2D eigenvalue weighted by Crippen LogP contribution is 1.95. The van der Waals surface area contributed by atoms with Crippen LogP contribution in [-0.2, 0) is 0 Å². The molecule has 0 aliphatic rings. The number of hydrogen-bond donors (Lipinski definition) is 1. The molecule has 0 amide bonds. The fourth-order valence-electron chi connectivity index (χ4n) is 2.51. The molecule has 0 aliphatic heterocycles. The van der Waals surface area contributed by atoms with Crippen LogP contribution in [0, 0.1) is 0 Å². The lowest BCUT2D eigenvalue weighted by Gasteiger charge is -2.15. The minimum Gasteiger partial charge on any atom is -0.330 e. The standard InChI is InChI=1S/C18H15B.C3H9N/c1-4-10-16(11-5-1)19(17-12-6-2-7-13-17)18-14-8-3-9-15-18;1-2-3-4/h1-15H;2-4H2,1H3. The molecular formula is C21H24BN. The van der Waals surface area contributed by atoms with Crippen LogP contribution in [0.5, 0.6) is 0 Å². The highest BCUT2D eigenvalue weighted by atomic mass is 14.5. The van der Waals surface area contributed by atoms with Crippen LogP contribution >= 0.6 is 0 Å². The molecule has 1 nitrogen and oxygen atoms in total. The fourth-order valence-corrected chi connectivity index (χ4v) is 2.51. The molecule has 2 N–H and O–H groups in total. The van der Waals surface area contributed by atoms with E-state index in [-0.39, 0.29) is 0 Å². The van der Waals surface area contributed by atoms with Gasteiger partial charge in [0, 0.05) is 0 Å². The maximum Gasteiger partial charge on any atom is 0.241 e. The molecule has 0 heterocycles. The van der Waals surface area contributed by atoms with Crippen molar-refractivity contribution in [2.75, 3.05) is 6.54 Å². The highest BCUT2D eigenvalue weighted by Gasteiger charge is 2.20. The molecule has 3 aromatic carbocycles. The Balaban J connectivity index is 0.000000433. The minimum atomic E-state index is 0.309. The third-order valence-corrected chi connectivity index (χ3v) is 3.69. The van der Waals surface area contributed by atoms with Gasteiger partial charge in [-0.2, -0.15) is 0 Å². The molecule has 2 heteroatoms. The van der Waals surface area contributed by atoms with Crippen LogP contribution in [0.2, 0.25) is 0 Å². The molecule has 3 rings (SSSR count). The van der Waals surface area contributed by atoms with Gasteiger partial charge >= 0.3 is 0 Å². The first-order valence-corrected chi connectivity index (χ1v) is 8.21. The van der Waals surface area contributed by atoms with Gasteiger partial charge < -0.3 is 5.73 Å². The van der Waals surface area contributed by atoms with Gasteiger partial charge in [0.1, 0.15) is 0 Å². The first kappa shape index (κ1) is 17.0. The van der Waals surface area contributed by atoms with Crippen LogP contribution in [0.3, 0.4) is 0 Å². The summed E-state index contributed by atoms with van der Waals surface area (Å²) in [7, 11) is 0. The molecule has 0 aromatic heterocycles. The van der Waals surface area contributed by atoms with Gasteiger partial charge in [-0.1, -0.05) is 114 Å². The summed E-state index contributed by atoms with van der Waals surface area (Å²) in [6.45, 7) is 3.18. The zero-order chi connectivity index (χ0) is 16.3. The van der Waals surface area contributed by atoms with Crippen molar-refractivity contribution in [1.82, 2.24) is 0 Å². The molecule has 0 radical (unpaired) electrons. The normalized spacial score (nSPS) is 9.65. The van der Waals surface area contributed by atoms with Gasteiger partial charge in [-0.3, -0.25) is 0 Å².